The van der Waals surface area contributed by atoms with E-state index in [0.29, 0.717) is 31.4 Å². The molecule has 7 nitrogen and oxygen atoms in total. The first kappa shape index (κ1) is 16.9. The monoisotopic (exact) mass is 316 g/mol. The summed E-state index contributed by atoms with van der Waals surface area (Å²) in [6.45, 7) is 8.09. The van der Waals surface area contributed by atoms with Crippen LogP contribution in [0.2, 0.25) is 0 Å². The van der Waals surface area contributed by atoms with Crippen LogP contribution in [0.15, 0.2) is 24.5 Å². The molecule has 2 rings (SSSR count). The average molecular weight is 316 g/mol. The highest BCUT2D eigenvalue weighted by atomic mass is 16.1. The lowest BCUT2D eigenvalue weighted by Crippen LogP contribution is -2.31. The van der Waals surface area contributed by atoms with Crippen molar-refractivity contribution in [2.75, 3.05) is 18.4 Å². The summed E-state index contributed by atoms with van der Waals surface area (Å²) in [4.78, 5) is 19.9. The molecule has 0 saturated carbocycles. The third kappa shape index (κ3) is 5.69. The second-order valence-electron chi connectivity index (χ2n) is 5.77. The van der Waals surface area contributed by atoms with E-state index in [0.717, 1.165) is 17.9 Å². The van der Waals surface area contributed by atoms with Gasteiger partial charge in [-0.2, -0.15) is 5.10 Å². The number of carbonyl (C=O) groups is 1. The number of anilines is 1. The zero-order valence-corrected chi connectivity index (χ0v) is 13.9. The van der Waals surface area contributed by atoms with Crippen molar-refractivity contribution >= 4 is 11.9 Å². The Labute approximate surface area is 136 Å². The van der Waals surface area contributed by atoms with Gasteiger partial charge in [0, 0.05) is 44.1 Å². The van der Waals surface area contributed by atoms with E-state index < -0.39 is 0 Å². The summed E-state index contributed by atoms with van der Waals surface area (Å²) in [5.74, 6) is 0.884. The summed E-state index contributed by atoms with van der Waals surface area (Å²) in [7, 11) is 0. The first-order valence-corrected chi connectivity index (χ1v) is 7.83. The molecule has 0 unspecified atom stereocenters. The standard InChI is InChI=1S/C16H24N6O/c1-12(11-22-14(3)9-13(2)21-22)10-20-15(23)5-8-19-16-17-6-4-7-18-16/h4,6-7,9,12H,5,8,10-11H2,1-3H3,(H,20,23)(H,17,18,19)/t12-/m0/s1. The lowest BCUT2D eigenvalue weighted by Gasteiger charge is -2.14. The fraction of sp³-hybridized carbons (Fsp3) is 0.500. The predicted octanol–water partition coefficient (Wildman–Crippen LogP) is 1.54. The molecule has 1 atom stereocenters. The fourth-order valence-corrected chi connectivity index (χ4v) is 2.27. The number of aromatic nitrogens is 4. The third-order valence-corrected chi connectivity index (χ3v) is 3.44. The number of rotatable bonds is 8. The Bertz CT molecular complexity index is 625. The molecule has 2 N–H and O–H groups in total. The zero-order chi connectivity index (χ0) is 16.7. The molecule has 0 aromatic carbocycles. The maximum atomic E-state index is 11.8. The first-order valence-electron chi connectivity index (χ1n) is 7.83. The molecule has 2 heterocycles. The van der Waals surface area contributed by atoms with Crippen LogP contribution < -0.4 is 10.6 Å². The summed E-state index contributed by atoms with van der Waals surface area (Å²) >= 11 is 0. The van der Waals surface area contributed by atoms with E-state index in [1.807, 2.05) is 18.5 Å². The largest absolute Gasteiger partial charge is 0.356 e. The summed E-state index contributed by atoms with van der Waals surface area (Å²) in [5.41, 5.74) is 2.17. The van der Waals surface area contributed by atoms with Crippen LogP contribution in [0.1, 0.15) is 24.7 Å². The van der Waals surface area contributed by atoms with E-state index in [1.165, 1.54) is 0 Å². The van der Waals surface area contributed by atoms with Gasteiger partial charge in [0.05, 0.1) is 5.69 Å². The molecule has 1 amide bonds. The molecule has 0 aliphatic rings. The first-order chi connectivity index (χ1) is 11.0. The van der Waals surface area contributed by atoms with Crippen LogP contribution in [0.3, 0.4) is 0 Å². The molecular formula is C16H24N6O. The van der Waals surface area contributed by atoms with Crippen molar-refractivity contribution in [1.82, 2.24) is 25.1 Å². The van der Waals surface area contributed by atoms with E-state index >= 15 is 0 Å². The van der Waals surface area contributed by atoms with Crippen molar-refractivity contribution < 1.29 is 4.79 Å². The molecule has 124 valence electrons. The molecule has 0 aliphatic carbocycles. The Morgan fingerprint density at radius 1 is 1.30 bits per heavy atom. The Morgan fingerprint density at radius 3 is 2.70 bits per heavy atom. The normalized spacial score (nSPS) is 12.0. The lowest BCUT2D eigenvalue weighted by atomic mass is 10.2. The van der Waals surface area contributed by atoms with Crippen LogP contribution in [-0.2, 0) is 11.3 Å². The second-order valence-corrected chi connectivity index (χ2v) is 5.77. The summed E-state index contributed by atoms with van der Waals surface area (Å²) in [6.07, 6.45) is 3.72. The van der Waals surface area contributed by atoms with Crippen LogP contribution in [0, 0.1) is 19.8 Å². The van der Waals surface area contributed by atoms with Crippen LogP contribution >= 0.6 is 0 Å². The molecule has 0 aliphatic heterocycles. The number of aryl methyl sites for hydroxylation is 2. The zero-order valence-electron chi connectivity index (χ0n) is 13.9. The number of nitrogens with one attached hydrogen (secondary N) is 2. The van der Waals surface area contributed by atoms with Crippen molar-refractivity contribution in [3.05, 3.63) is 35.9 Å². The Kier molecular flexibility index (Phi) is 6.08. The average Bonchev–Trinajstić information content (AvgIpc) is 2.84. The molecule has 0 radical (unpaired) electrons. The van der Waals surface area contributed by atoms with Crippen molar-refractivity contribution in [1.29, 1.82) is 0 Å². The van der Waals surface area contributed by atoms with Gasteiger partial charge in [0.2, 0.25) is 11.9 Å². The minimum Gasteiger partial charge on any atom is -0.356 e. The Morgan fingerprint density at radius 2 is 2.04 bits per heavy atom. The molecule has 2 aromatic heterocycles. The number of carbonyl (C=O) groups excluding carboxylic acids is 1. The maximum Gasteiger partial charge on any atom is 0.222 e. The van der Waals surface area contributed by atoms with Gasteiger partial charge in [-0.05, 0) is 31.9 Å². The highest BCUT2D eigenvalue weighted by Gasteiger charge is 2.09. The number of hydrogen-bond acceptors (Lipinski definition) is 5. The van der Waals surface area contributed by atoms with Gasteiger partial charge in [-0.25, -0.2) is 9.97 Å². The van der Waals surface area contributed by atoms with E-state index in [1.54, 1.807) is 18.5 Å². The minimum absolute atomic E-state index is 0.0219. The second kappa shape index (κ2) is 8.26. The quantitative estimate of drug-likeness (QED) is 0.772. The van der Waals surface area contributed by atoms with Gasteiger partial charge in [-0.3, -0.25) is 9.48 Å². The van der Waals surface area contributed by atoms with Crippen molar-refractivity contribution in [3.63, 3.8) is 0 Å². The Balaban J connectivity index is 1.64. The van der Waals surface area contributed by atoms with Gasteiger partial charge in [0.15, 0.2) is 0 Å². The number of hydrogen-bond donors (Lipinski definition) is 2. The maximum absolute atomic E-state index is 11.8. The molecule has 0 saturated heterocycles. The van der Waals surface area contributed by atoms with E-state index in [-0.39, 0.29) is 5.91 Å². The van der Waals surface area contributed by atoms with E-state index in [4.69, 9.17) is 0 Å². The third-order valence-electron chi connectivity index (χ3n) is 3.44. The molecule has 7 heteroatoms. The topological polar surface area (TPSA) is 84.7 Å². The van der Waals surface area contributed by atoms with Crippen LogP contribution in [-0.4, -0.2) is 38.7 Å². The van der Waals surface area contributed by atoms with Crippen molar-refractivity contribution in [2.24, 2.45) is 5.92 Å². The van der Waals surface area contributed by atoms with Gasteiger partial charge in [-0.1, -0.05) is 6.92 Å². The summed E-state index contributed by atoms with van der Waals surface area (Å²) < 4.78 is 1.99. The molecule has 23 heavy (non-hydrogen) atoms. The Hall–Kier alpha value is -2.44. The molecule has 0 spiro atoms. The summed E-state index contributed by atoms with van der Waals surface area (Å²) in [6, 6.07) is 3.81. The molecule has 0 fully saturated rings. The minimum atomic E-state index is 0.0219. The molecule has 2 aromatic rings. The van der Waals surface area contributed by atoms with E-state index in [9.17, 15) is 4.79 Å². The molecular weight excluding hydrogens is 292 g/mol. The molecule has 0 bridgehead atoms. The highest BCUT2D eigenvalue weighted by Crippen LogP contribution is 2.05. The van der Waals surface area contributed by atoms with Crippen molar-refractivity contribution in [2.45, 2.75) is 33.7 Å². The van der Waals surface area contributed by atoms with Crippen LogP contribution in [0.25, 0.3) is 0 Å². The van der Waals surface area contributed by atoms with Crippen LogP contribution in [0.4, 0.5) is 5.95 Å². The lowest BCUT2D eigenvalue weighted by molar-refractivity contribution is -0.121. The SMILES string of the molecule is Cc1cc(C)n(C[C@@H](C)CNC(=O)CCNc2ncccn2)n1. The summed E-state index contributed by atoms with van der Waals surface area (Å²) in [5, 5.41) is 10.4. The fourth-order valence-electron chi connectivity index (χ4n) is 2.27. The van der Waals surface area contributed by atoms with Gasteiger partial charge in [0.25, 0.3) is 0 Å². The smallest absolute Gasteiger partial charge is 0.222 e. The van der Waals surface area contributed by atoms with Crippen molar-refractivity contribution in [3.8, 4) is 0 Å². The number of amides is 1. The van der Waals surface area contributed by atoms with Gasteiger partial charge >= 0.3 is 0 Å². The van der Waals surface area contributed by atoms with Crippen LogP contribution in [0.5, 0.6) is 0 Å². The predicted molar refractivity (Wildman–Crippen MR) is 89.0 cm³/mol. The van der Waals surface area contributed by atoms with E-state index in [2.05, 4.69) is 38.7 Å². The van der Waals surface area contributed by atoms with Gasteiger partial charge in [-0.15, -0.1) is 0 Å². The number of nitrogens with zero attached hydrogens (tertiary/aromatic N) is 4. The van der Waals surface area contributed by atoms with Gasteiger partial charge in [0.1, 0.15) is 0 Å². The highest BCUT2D eigenvalue weighted by molar-refractivity contribution is 5.76. The van der Waals surface area contributed by atoms with Gasteiger partial charge < -0.3 is 10.6 Å².